The maximum absolute atomic E-state index is 12.6. The van der Waals surface area contributed by atoms with Gasteiger partial charge in [0, 0.05) is 45.4 Å². The Morgan fingerprint density at radius 3 is 2.62 bits per heavy atom. The maximum atomic E-state index is 12.6. The van der Waals surface area contributed by atoms with Crippen LogP contribution in [-0.4, -0.2) is 45.1 Å². The van der Waals surface area contributed by atoms with Gasteiger partial charge in [-0.05, 0) is 29.7 Å². The Balaban J connectivity index is 1.72. The van der Waals surface area contributed by atoms with Gasteiger partial charge in [0.25, 0.3) is 5.91 Å². The third-order valence-electron chi connectivity index (χ3n) is 4.99. The van der Waals surface area contributed by atoms with E-state index in [4.69, 9.17) is 0 Å². The summed E-state index contributed by atoms with van der Waals surface area (Å²) in [6.07, 6.45) is 3.88. The van der Waals surface area contributed by atoms with E-state index in [1.807, 2.05) is 39.1 Å². The molecule has 1 saturated heterocycles. The first-order valence-corrected chi connectivity index (χ1v) is 8.86. The smallest absolute Gasteiger partial charge is 0.269 e. The molecule has 1 aliphatic rings. The fourth-order valence-electron chi connectivity index (χ4n) is 3.49. The number of nitrogens with zero attached hydrogens (tertiary/aromatic N) is 4. The van der Waals surface area contributed by atoms with Crippen molar-refractivity contribution in [1.82, 2.24) is 25.0 Å². The molecule has 0 bridgehead atoms. The van der Waals surface area contributed by atoms with Crippen LogP contribution in [0.1, 0.15) is 54.0 Å². The zero-order valence-electron chi connectivity index (χ0n) is 15.6. The molecule has 2 aromatic heterocycles. The van der Waals surface area contributed by atoms with Crippen LogP contribution in [0, 0.1) is 5.92 Å². The van der Waals surface area contributed by atoms with Crippen LogP contribution in [0.25, 0.3) is 0 Å². The van der Waals surface area contributed by atoms with Crippen molar-refractivity contribution < 1.29 is 9.59 Å². The molecule has 7 nitrogen and oxygen atoms in total. The number of rotatable bonds is 5. The van der Waals surface area contributed by atoms with E-state index in [1.54, 1.807) is 29.0 Å². The van der Waals surface area contributed by atoms with Crippen LogP contribution in [-0.2, 0) is 11.8 Å². The van der Waals surface area contributed by atoms with E-state index in [0.717, 1.165) is 11.3 Å². The Morgan fingerprint density at radius 1 is 1.31 bits per heavy atom. The zero-order valence-corrected chi connectivity index (χ0v) is 15.6. The summed E-state index contributed by atoms with van der Waals surface area (Å²) in [4.78, 5) is 30.6. The highest BCUT2D eigenvalue weighted by molar-refractivity contribution is 5.92. The number of nitrogens with one attached hydrogen (secondary N) is 1. The van der Waals surface area contributed by atoms with Gasteiger partial charge in [-0.1, -0.05) is 13.8 Å². The van der Waals surface area contributed by atoms with Crippen molar-refractivity contribution in [3.8, 4) is 0 Å². The van der Waals surface area contributed by atoms with Crippen LogP contribution >= 0.6 is 0 Å². The second-order valence-electron chi connectivity index (χ2n) is 7.14. The first kappa shape index (κ1) is 18.1. The maximum Gasteiger partial charge on any atom is 0.269 e. The van der Waals surface area contributed by atoms with Crippen LogP contribution in [0.2, 0.25) is 0 Å². The molecule has 0 unspecified atom stereocenters. The van der Waals surface area contributed by atoms with Crippen LogP contribution in [0.3, 0.4) is 0 Å². The summed E-state index contributed by atoms with van der Waals surface area (Å²) < 4.78 is 1.61. The van der Waals surface area contributed by atoms with Crippen molar-refractivity contribution >= 4 is 11.8 Å². The summed E-state index contributed by atoms with van der Waals surface area (Å²) in [6.45, 7) is 4.52. The molecule has 1 aliphatic heterocycles. The molecule has 138 valence electrons. The lowest BCUT2D eigenvalue weighted by Crippen LogP contribution is -2.33. The Morgan fingerprint density at radius 2 is 2.00 bits per heavy atom. The van der Waals surface area contributed by atoms with Gasteiger partial charge in [-0.2, -0.15) is 5.10 Å². The van der Waals surface area contributed by atoms with E-state index in [1.165, 1.54) is 0 Å². The van der Waals surface area contributed by atoms with Crippen LogP contribution in [0.5, 0.6) is 0 Å². The van der Waals surface area contributed by atoms with Gasteiger partial charge in [0.05, 0.1) is 11.7 Å². The molecule has 0 spiro atoms. The number of aromatic nitrogens is 3. The number of likely N-dealkylation sites (tertiary alicyclic amines) is 1. The lowest BCUT2D eigenvalue weighted by Gasteiger charge is -2.25. The number of aryl methyl sites for hydroxylation is 1. The molecule has 2 amide bonds. The monoisotopic (exact) mass is 355 g/mol. The molecule has 1 fully saturated rings. The summed E-state index contributed by atoms with van der Waals surface area (Å²) in [5.41, 5.74) is 2.46. The van der Waals surface area contributed by atoms with E-state index in [9.17, 15) is 9.59 Å². The van der Waals surface area contributed by atoms with Crippen LogP contribution in [0.15, 0.2) is 30.6 Å². The highest BCUT2D eigenvalue weighted by Gasteiger charge is 2.38. The van der Waals surface area contributed by atoms with E-state index in [-0.39, 0.29) is 29.7 Å². The number of hydrogen-bond acceptors (Lipinski definition) is 4. The van der Waals surface area contributed by atoms with Crippen molar-refractivity contribution in [2.24, 2.45) is 13.0 Å². The minimum absolute atomic E-state index is 0.0247. The predicted molar refractivity (Wildman–Crippen MR) is 97.5 cm³/mol. The molecule has 3 heterocycles. The molecule has 0 radical (unpaired) electrons. The summed E-state index contributed by atoms with van der Waals surface area (Å²) >= 11 is 0. The van der Waals surface area contributed by atoms with Gasteiger partial charge in [-0.3, -0.25) is 19.3 Å². The van der Waals surface area contributed by atoms with Crippen LogP contribution < -0.4 is 5.32 Å². The van der Waals surface area contributed by atoms with Crippen LogP contribution in [0.4, 0.5) is 0 Å². The molecule has 7 heteroatoms. The number of carbonyl (C=O) groups excluding carboxylic acids is 2. The molecular formula is C19H25N5O2. The lowest BCUT2D eigenvalue weighted by molar-refractivity contribution is -0.127. The molecule has 0 aromatic carbocycles. The first-order valence-electron chi connectivity index (χ1n) is 8.86. The summed E-state index contributed by atoms with van der Waals surface area (Å²) in [7, 11) is 3.58. The summed E-state index contributed by atoms with van der Waals surface area (Å²) in [6, 6.07) is 5.62. The van der Waals surface area contributed by atoms with E-state index < -0.39 is 0 Å². The van der Waals surface area contributed by atoms with Gasteiger partial charge in [-0.25, -0.2) is 0 Å². The normalized spacial score (nSPS) is 20.0. The van der Waals surface area contributed by atoms with Crippen molar-refractivity contribution in [3.63, 3.8) is 0 Å². The first-order chi connectivity index (χ1) is 12.4. The quantitative estimate of drug-likeness (QED) is 0.888. The van der Waals surface area contributed by atoms with Crippen molar-refractivity contribution in [3.05, 3.63) is 47.5 Å². The van der Waals surface area contributed by atoms with Gasteiger partial charge in [0.2, 0.25) is 5.91 Å². The standard InChI is InChI=1S/C19H25N5O2/c1-12(2)15-10-16(24(4)22-15)19(26)21-11-14-9-17(25)23(3)18(14)13-5-7-20-8-6-13/h5-8,10,12,14,18H,9,11H2,1-4H3,(H,21,26)/t14-,18-/m0/s1. The largest absolute Gasteiger partial charge is 0.350 e. The minimum Gasteiger partial charge on any atom is -0.350 e. The average Bonchev–Trinajstić information content (AvgIpc) is 3.14. The third kappa shape index (κ3) is 3.47. The molecule has 1 N–H and O–H groups in total. The zero-order chi connectivity index (χ0) is 18.8. The highest BCUT2D eigenvalue weighted by Crippen LogP contribution is 2.36. The lowest BCUT2D eigenvalue weighted by atomic mass is 9.94. The fraction of sp³-hybridized carbons (Fsp3) is 0.474. The van der Waals surface area contributed by atoms with Gasteiger partial charge < -0.3 is 10.2 Å². The number of hydrogen-bond donors (Lipinski definition) is 1. The number of pyridine rings is 1. The Kier molecular flexibility index (Phi) is 5.06. The molecule has 0 saturated carbocycles. The Bertz CT molecular complexity index is 800. The second-order valence-corrected chi connectivity index (χ2v) is 7.14. The van der Waals surface area contributed by atoms with E-state index >= 15 is 0 Å². The molecule has 2 atom stereocenters. The molecule has 3 rings (SSSR count). The molecule has 2 aromatic rings. The molecule has 26 heavy (non-hydrogen) atoms. The average molecular weight is 355 g/mol. The predicted octanol–water partition coefficient (Wildman–Crippen LogP) is 1.89. The minimum atomic E-state index is -0.164. The highest BCUT2D eigenvalue weighted by atomic mass is 16.2. The Hall–Kier alpha value is -2.70. The molecule has 0 aliphatic carbocycles. The summed E-state index contributed by atoms with van der Waals surface area (Å²) in [5, 5.41) is 7.36. The van der Waals surface area contributed by atoms with Crippen molar-refractivity contribution in [2.45, 2.75) is 32.2 Å². The van der Waals surface area contributed by atoms with Gasteiger partial charge in [-0.15, -0.1) is 0 Å². The fourth-order valence-corrected chi connectivity index (χ4v) is 3.49. The van der Waals surface area contributed by atoms with E-state index in [0.29, 0.717) is 18.7 Å². The topological polar surface area (TPSA) is 80.1 Å². The summed E-state index contributed by atoms with van der Waals surface area (Å²) in [5.74, 6) is 0.215. The van der Waals surface area contributed by atoms with Gasteiger partial charge in [0.15, 0.2) is 0 Å². The SMILES string of the molecule is CC(C)c1cc(C(=O)NC[C@@H]2CC(=O)N(C)[C@H]2c2ccncc2)n(C)n1. The Labute approximate surface area is 153 Å². The van der Waals surface area contributed by atoms with Gasteiger partial charge >= 0.3 is 0 Å². The number of carbonyl (C=O) groups is 2. The van der Waals surface area contributed by atoms with Crippen molar-refractivity contribution in [2.75, 3.05) is 13.6 Å². The van der Waals surface area contributed by atoms with E-state index in [2.05, 4.69) is 15.4 Å². The van der Waals surface area contributed by atoms with Crippen molar-refractivity contribution in [1.29, 1.82) is 0 Å². The molecular weight excluding hydrogens is 330 g/mol. The second kappa shape index (κ2) is 7.27. The van der Waals surface area contributed by atoms with Gasteiger partial charge in [0.1, 0.15) is 5.69 Å². The number of amides is 2. The third-order valence-corrected chi connectivity index (χ3v) is 4.99.